The van der Waals surface area contributed by atoms with Crippen molar-refractivity contribution in [2.75, 3.05) is 0 Å². The van der Waals surface area contributed by atoms with Gasteiger partial charge < -0.3 is 0 Å². The normalized spacial score (nSPS) is 26.4. The first-order valence-corrected chi connectivity index (χ1v) is 10.8. The molecule has 2 fully saturated rings. The molecule has 0 amide bonds. The first-order chi connectivity index (χ1) is 15.5. The third kappa shape index (κ3) is 2.69. The maximum absolute atomic E-state index is 9.53. The minimum absolute atomic E-state index is 0.175. The molecule has 0 radical (unpaired) electrons. The van der Waals surface area contributed by atoms with E-state index in [1.165, 1.54) is 0 Å². The lowest BCUT2D eigenvalue weighted by molar-refractivity contribution is -0.108. The van der Waals surface area contributed by atoms with Gasteiger partial charge in [-0.15, -0.1) is 0 Å². The van der Waals surface area contributed by atoms with Crippen molar-refractivity contribution in [3.8, 4) is 34.4 Å². The van der Waals surface area contributed by atoms with E-state index >= 15 is 0 Å². The summed E-state index contributed by atoms with van der Waals surface area (Å²) in [6.07, 6.45) is 15.8. The van der Waals surface area contributed by atoms with Crippen LogP contribution in [0.3, 0.4) is 0 Å². The molecule has 32 heavy (non-hydrogen) atoms. The molecule has 4 aromatic heterocycles. The molecule has 158 valence electrons. The van der Waals surface area contributed by atoms with Crippen LogP contribution in [0.5, 0.6) is 0 Å². The van der Waals surface area contributed by atoms with Crippen LogP contribution >= 0.6 is 0 Å². The van der Waals surface area contributed by atoms with Gasteiger partial charge in [0.05, 0.1) is 42.0 Å². The Balaban J connectivity index is 1.37. The maximum Gasteiger partial charge on any atom is 0.0767 e. The molecule has 4 heterocycles. The fraction of sp³-hybridized carbons (Fsp3) is 0.375. The summed E-state index contributed by atoms with van der Waals surface area (Å²) in [5.74, 6) is 0.175. The number of hydrogen-bond acceptors (Lipinski definition) is 5. The predicted molar refractivity (Wildman–Crippen MR) is 117 cm³/mol. The minimum atomic E-state index is -0.273. The molecule has 0 atom stereocenters. The van der Waals surface area contributed by atoms with E-state index in [0.717, 1.165) is 53.5 Å². The molecular formula is C24H22N8. The summed E-state index contributed by atoms with van der Waals surface area (Å²) < 4.78 is 5.67. The molecule has 2 saturated carbocycles. The van der Waals surface area contributed by atoms with Crippen molar-refractivity contribution >= 4 is 5.52 Å². The molecule has 1 spiro atoms. The average Bonchev–Trinajstić information content (AvgIpc) is 3.48. The molecule has 8 heteroatoms. The third-order valence-corrected chi connectivity index (χ3v) is 7.28. The number of nitriles is 2. The van der Waals surface area contributed by atoms with Gasteiger partial charge in [0.1, 0.15) is 0 Å². The third-order valence-electron chi connectivity index (χ3n) is 7.28. The molecule has 8 nitrogen and oxygen atoms in total. The van der Waals surface area contributed by atoms with E-state index in [0.29, 0.717) is 6.42 Å². The lowest BCUT2D eigenvalue weighted by Gasteiger charge is -2.61. The lowest BCUT2D eigenvalue weighted by atomic mass is 9.45. The van der Waals surface area contributed by atoms with Crippen LogP contribution in [-0.2, 0) is 12.6 Å². The van der Waals surface area contributed by atoms with E-state index in [9.17, 15) is 5.26 Å². The van der Waals surface area contributed by atoms with Crippen molar-refractivity contribution < 1.29 is 0 Å². The number of rotatable bonds is 4. The van der Waals surface area contributed by atoms with E-state index in [1.54, 1.807) is 10.9 Å². The van der Waals surface area contributed by atoms with Crippen molar-refractivity contribution in [1.82, 2.24) is 29.2 Å². The standard InChI is InChI=1S/C24H22N8/c1-30-12-19(10-28-30)18-6-21(22-2-5-27-31(22)13-18)20-11-29-32(14-20)24(3-4-25)15-23(16-24)7-17(8-23)9-26/h2,5-6,10-14,17H,3,7-8,15-16H2,1H3/t17-,23?,24-. The number of aryl methyl sites for hydroxylation is 1. The van der Waals surface area contributed by atoms with Crippen LogP contribution in [0, 0.1) is 34.0 Å². The van der Waals surface area contributed by atoms with Crippen molar-refractivity contribution in [2.45, 2.75) is 37.6 Å². The highest BCUT2D eigenvalue weighted by molar-refractivity contribution is 5.83. The summed E-state index contributed by atoms with van der Waals surface area (Å²) in [5, 5.41) is 32.2. The van der Waals surface area contributed by atoms with Crippen LogP contribution in [-0.4, -0.2) is 29.2 Å². The molecule has 0 N–H and O–H groups in total. The van der Waals surface area contributed by atoms with Gasteiger partial charge in [-0.1, -0.05) is 0 Å². The second-order valence-corrected chi connectivity index (χ2v) is 9.53. The number of aromatic nitrogens is 6. The zero-order valence-electron chi connectivity index (χ0n) is 17.8. The van der Waals surface area contributed by atoms with Crippen LogP contribution in [0.4, 0.5) is 0 Å². The van der Waals surface area contributed by atoms with Crippen LogP contribution < -0.4 is 0 Å². The van der Waals surface area contributed by atoms with Gasteiger partial charge in [-0.25, -0.2) is 4.52 Å². The molecule has 2 aliphatic carbocycles. The highest BCUT2D eigenvalue weighted by Gasteiger charge is 2.61. The topological polar surface area (TPSA) is 101 Å². The number of fused-ring (bicyclic) bond motifs is 1. The Kier molecular flexibility index (Phi) is 3.85. The summed E-state index contributed by atoms with van der Waals surface area (Å²) in [5.41, 5.74) is 5.06. The zero-order valence-corrected chi connectivity index (χ0v) is 17.8. The van der Waals surface area contributed by atoms with E-state index in [-0.39, 0.29) is 16.9 Å². The maximum atomic E-state index is 9.53. The summed E-state index contributed by atoms with van der Waals surface area (Å²) in [7, 11) is 1.90. The van der Waals surface area contributed by atoms with Crippen LogP contribution in [0.15, 0.2) is 49.3 Å². The molecule has 0 aliphatic heterocycles. The van der Waals surface area contributed by atoms with Gasteiger partial charge in [0.25, 0.3) is 0 Å². The van der Waals surface area contributed by atoms with Crippen molar-refractivity contribution in [3.05, 3.63) is 49.3 Å². The predicted octanol–water partition coefficient (Wildman–Crippen LogP) is 3.92. The number of nitrogens with zero attached hydrogens (tertiary/aromatic N) is 8. The molecule has 0 saturated heterocycles. The number of hydrogen-bond donors (Lipinski definition) is 0. The Morgan fingerprint density at radius 1 is 1.03 bits per heavy atom. The Bertz CT molecular complexity index is 1410. The summed E-state index contributed by atoms with van der Waals surface area (Å²) in [6.45, 7) is 0. The molecule has 4 aromatic rings. The lowest BCUT2D eigenvalue weighted by Crippen LogP contribution is -2.58. The van der Waals surface area contributed by atoms with Gasteiger partial charge in [-0.05, 0) is 43.2 Å². The first-order valence-electron chi connectivity index (χ1n) is 10.8. The quantitative estimate of drug-likeness (QED) is 0.496. The van der Waals surface area contributed by atoms with Gasteiger partial charge >= 0.3 is 0 Å². The van der Waals surface area contributed by atoms with Crippen molar-refractivity contribution in [1.29, 1.82) is 10.5 Å². The Morgan fingerprint density at radius 3 is 2.56 bits per heavy atom. The summed E-state index contributed by atoms with van der Waals surface area (Å²) >= 11 is 0. The van der Waals surface area contributed by atoms with Gasteiger partial charge in [-0.2, -0.15) is 25.8 Å². The van der Waals surface area contributed by atoms with Crippen LogP contribution in [0.2, 0.25) is 0 Å². The molecule has 0 aromatic carbocycles. The van der Waals surface area contributed by atoms with Crippen LogP contribution in [0.1, 0.15) is 32.1 Å². The summed E-state index contributed by atoms with van der Waals surface area (Å²) in [6, 6.07) is 8.91. The van der Waals surface area contributed by atoms with Crippen LogP contribution in [0.25, 0.3) is 27.8 Å². The fourth-order valence-corrected chi connectivity index (χ4v) is 5.93. The second kappa shape index (κ2) is 6.54. The van der Waals surface area contributed by atoms with E-state index in [4.69, 9.17) is 10.4 Å². The minimum Gasteiger partial charge on any atom is -0.275 e. The van der Waals surface area contributed by atoms with E-state index in [2.05, 4.69) is 34.6 Å². The van der Waals surface area contributed by atoms with Gasteiger partial charge in [0.2, 0.25) is 0 Å². The smallest absolute Gasteiger partial charge is 0.0767 e. The first kappa shape index (κ1) is 18.8. The molecule has 6 rings (SSSR count). The highest BCUT2D eigenvalue weighted by Crippen LogP contribution is 2.66. The highest BCUT2D eigenvalue weighted by atomic mass is 15.3. The summed E-state index contributed by atoms with van der Waals surface area (Å²) in [4.78, 5) is 0. The van der Waals surface area contributed by atoms with Gasteiger partial charge in [0.15, 0.2) is 0 Å². The number of pyridine rings is 1. The second-order valence-electron chi connectivity index (χ2n) is 9.53. The van der Waals surface area contributed by atoms with Gasteiger partial charge in [0, 0.05) is 60.0 Å². The molecular weight excluding hydrogens is 400 g/mol. The van der Waals surface area contributed by atoms with E-state index < -0.39 is 0 Å². The Hall–Kier alpha value is -3.91. The molecule has 0 bridgehead atoms. The molecule has 0 unspecified atom stereocenters. The van der Waals surface area contributed by atoms with Crippen molar-refractivity contribution in [3.63, 3.8) is 0 Å². The average molecular weight is 422 g/mol. The zero-order chi connectivity index (χ0) is 21.9. The SMILES string of the molecule is Cn1cc(-c2cc(-c3cnn([C@]4(CC#N)CC5(C[C@H](C#N)C5)C4)c3)c3ccnn3c2)cn1. The van der Waals surface area contributed by atoms with Crippen molar-refractivity contribution in [2.24, 2.45) is 18.4 Å². The monoisotopic (exact) mass is 422 g/mol. The Labute approximate surface area is 185 Å². The Morgan fingerprint density at radius 2 is 1.84 bits per heavy atom. The largest absolute Gasteiger partial charge is 0.275 e. The van der Waals surface area contributed by atoms with Gasteiger partial charge in [-0.3, -0.25) is 9.36 Å². The van der Waals surface area contributed by atoms with E-state index in [1.807, 2.05) is 47.1 Å². The fourth-order valence-electron chi connectivity index (χ4n) is 5.93. The molecule has 2 aliphatic rings.